The molecule has 6 heteroatoms. The zero-order valence-electron chi connectivity index (χ0n) is 15.9. The lowest BCUT2D eigenvalue weighted by Crippen LogP contribution is -2.35. The average Bonchev–Trinajstić information content (AvgIpc) is 2.69. The van der Waals surface area contributed by atoms with Crippen LogP contribution in [0.3, 0.4) is 0 Å². The maximum absolute atomic E-state index is 13.2. The number of anilines is 1. The van der Waals surface area contributed by atoms with Gasteiger partial charge in [-0.05, 0) is 61.7 Å². The van der Waals surface area contributed by atoms with E-state index in [1.165, 1.54) is 24.3 Å². The number of rotatable bonds is 3. The molecule has 2 aromatic rings. The lowest BCUT2D eigenvalue weighted by molar-refractivity contribution is -0.116. The van der Waals surface area contributed by atoms with Crippen molar-refractivity contribution in [3.8, 4) is 0 Å². The molecule has 2 N–H and O–H groups in total. The zero-order chi connectivity index (χ0) is 20.5. The second kappa shape index (κ2) is 7.84. The van der Waals surface area contributed by atoms with Crippen molar-refractivity contribution >= 4 is 29.0 Å². The van der Waals surface area contributed by atoms with Crippen LogP contribution in [0.1, 0.15) is 37.7 Å². The third kappa shape index (κ3) is 3.83. The number of ketones is 1. The molecule has 1 atom stereocenters. The van der Waals surface area contributed by atoms with Gasteiger partial charge in [0.25, 0.3) is 5.91 Å². The number of carbonyl (C=O) groups excluding carboxylic acids is 2. The van der Waals surface area contributed by atoms with Crippen LogP contribution in [-0.4, -0.2) is 11.7 Å². The molecule has 0 aromatic heterocycles. The Hall–Kier alpha value is -2.92. The summed E-state index contributed by atoms with van der Waals surface area (Å²) in [5.41, 5.74) is 3.95. The summed E-state index contributed by atoms with van der Waals surface area (Å²) in [4.78, 5) is 26.1. The molecule has 1 amide bonds. The summed E-state index contributed by atoms with van der Waals surface area (Å²) in [5, 5.41) is 6.64. The second-order valence-electron chi connectivity index (χ2n) is 7.28. The van der Waals surface area contributed by atoms with Crippen molar-refractivity contribution in [2.24, 2.45) is 0 Å². The summed E-state index contributed by atoms with van der Waals surface area (Å²) in [5.74, 6) is -1.17. The Morgan fingerprint density at radius 3 is 2.66 bits per heavy atom. The van der Waals surface area contributed by atoms with E-state index in [9.17, 15) is 14.0 Å². The number of nitrogens with one attached hydrogen (secondary N) is 2. The highest BCUT2D eigenvalue weighted by Gasteiger charge is 2.38. The molecule has 4 nitrogen and oxygen atoms in total. The highest BCUT2D eigenvalue weighted by atomic mass is 35.5. The van der Waals surface area contributed by atoms with Gasteiger partial charge < -0.3 is 10.6 Å². The van der Waals surface area contributed by atoms with Crippen molar-refractivity contribution in [3.63, 3.8) is 0 Å². The van der Waals surface area contributed by atoms with Gasteiger partial charge in [0.2, 0.25) is 0 Å². The van der Waals surface area contributed by atoms with E-state index in [1.54, 1.807) is 12.1 Å². The van der Waals surface area contributed by atoms with Crippen LogP contribution >= 0.6 is 11.6 Å². The first-order chi connectivity index (χ1) is 13.9. The van der Waals surface area contributed by atoms with Crippen molar-refractivity contribution in [3.05, 3.63) is 87.5 Å². The van der Waals surface area contributed by atoms with Crippen molar-refractivity contribution in [2.75, 3.05) is 5.32 Å². The number of amides is 1. The highest BCUT2D eigenvalue weighted by molar-refractivity contribution is 6.30. The Morgan fingerprint density at radius 1 is 1.17 bits per heavy atom. The van der Waals surface area contributed by atoms with Crippen molar-refractivity contribution in [1.82, 2.24) is 5.32 Å². The molecule has 0 saturated carbocycles. The Kier molecular flexibility index (Phi) is 5.24. The van der Waals surface area contributed by atoms with Crippen LogP contribution in [0.4, 0.5) is 10.1 Å². The van der Waals surface area contributed by atoms with Crippen LogP contribution in [0.5, 0.6) is 0 Å². The second-order valence-corrected chi connectivity index (χ2v) is 7.72. The van der Waals surface area contributed by atoms with Gasteiger partial charge in [0, 0.05) is 45.6 Å². The normalized spacial score (nSPS) is 19.0. The highest BCUT2D eigenvalue weighted by Crippen LogP contribution is 2.42. The van der Waals surface area contributed by atoms with Gasteiger partial charge in [0.05, 0.1) is 0 Å². The van der Waals surface area contributed by atoms with Gasteiger partial charge in [-0.1, -0.05) is 23.7 Å². The molecule has 29 heavy (non-hydrogen) atoms. The number of carbonyl (C=O) groups is 2. The molecule has 0 spiro atoms. The fourth-order valence-corrected chi connectivity index (χ4v) is 4.23. The fourth-order valence-electron chi connectivity index (χ4n) is 4.04. The fraction of sp³-hybridized carbons (Fsp3) is 0.217. The van der Waals surface area contributed by atoms with Gasteiger partial charge in [0.15, 0.2) is 5.78 Å². The Labute approximate surface area is 173 Å². The lowest BCUT2D eigenvalue weighted by Gasteiger charge is -2.34. The number of Topliss-reactive ketones (excluding diaryl/α,β-unsaturated/α-hetero) is 1. The van der Waals surface area contributed by atoms with Crippen LogP contribution < -0.4 is 10.6 Å². The number of hydrogen-bond acceptors (Lipinski definition) is 3. The summed E-state index contributed by atoms with van der Waals surface area (Å²) in [6.45, 7) is 1.83. The quantitative estimate of drug-likeness (QED) is 0.741. The van der Waals surface area contributed by atoms with Crippen molar-refractivity contribution in [2.45, 2.75) is 32.1 Å². The largest absolute Gasteiger partial charge is 0.362 e. The van der Waals surface area contributed by atoms with E-state index in [2.05, 4.69) is 10.6 Å². The molecular weight excluding hydrogens is 391 g/mol. The Bertz CT molecular complexity index is 1060. The number of hydrogen-bond donors (Lipinski definition) is 2. The van der Waals surface area contributed by atoms with Gasteiger partial charge in [0.1, 0.15) is 5.82 Å². The minimum atomic E-state index is -0.502. The van der Waals surface area contributed by atoms with Crippen LogP contribution in [0.25, 0.3) is 0 Å². The lowest BCUT2D eigenvalue weighted by atomic mass is 9.75. The number of dihydropyridines is 1. The van der Waals surface area contributed by atoms with Gasteiger partial charge in [-0.15, -0.1) is 0 Å². The number of benzene rings is 2. The van der Waals surface area contributed by atoms with Gasteiger partial charge in [-0.3, -0.25) is 9.59 Å². The van der Waals surface area contributed by atoms with Crippen molar-refractivity contribution in [1.29, 1.82) is 0 Å². The SMILES string of the molecule is CC1=C(C(=O)Nc2ccc(F)cc2)C(c2cccc(Cl)c2)C2=C(CCCC2=O)N1. The van der Waals surface area contributed by atoms with Crippen LogP contribution in [-0.2, 0) is 9.59 Å². The molecule has 0 bridgehead atoms. The van der Waals surface area contributed by atoms with E-state index in [4.69, 9.17) is 11.6 Å². The predicted molar refractivity (Wildman–Crippen MR) is 111 cm³/mol. The maximum atomic E-state index is 13.2. The van der Waals surface area contributed by atoms with Gasteiger partial charge in [-0.2, -0.15) is 0 Å². The van der Waals surface area contributed by atoms with E-state index < -0.39 is 5.92 Å². The molecule has 0 saturated heterocycles. The van der Waals surface area contributed by atoms with Crippen LogP contribution in [0, 0.1) is 5.82 Å². The smallest absolute Gasteiger partial charge is 0.254 e. The summed E-state index contributed by atoms with van der Waals surface area (Å²) in [6, 6.07) is 12.8. The minimum Gasteiger partial charge on any atom is -0.362 e. The van der Waals surface area contributed by atoms with E-state index >= 15 is 0 Å². The molecular formula is C23H20ClFN2O2. The molecule has 4 rings (SSSR count). The monoisotopic (exact) mass is 410 g/mol. The van der Waals surface area contributed by atoms with E-state index in [-0.39, 0.29) is 17.5 Å². The Morgan fingerprint density at radius 2 is 1.93 bits per heavy atom. The minimum absolute atomic E-state index is 0.0447. The van der Waals surface area contributed by atoms with E-state index in [1.807, 2.05) is 19.1 Å². The molecule has 2 aliphatic rings. The molecule has 1 aliphatic carbocycles. The van der Waals surface area contributed by atoms with E-state index in [0.29, 0.717) is 34.0 Å². The average molecular weight is 411 g/mol. The molecule has 0 fully saturated rings. The third-order valence-corrected chi connectivity index (χ3v) is 5.54. The maximum Gasteiger partial charge on any atom is 0.254 e. The van der Waals surface area contributed by atoms with E-state index in [0.717, 1.165) is 24.1 Å². The summed E-state index contributed by atoms with van der Waals surface area (Å²) < 4.78 is 13.2. The van der Waals surface area contributed by atoms with Gasteiger partial charge >= 0.3 is 0 Å². The first-order valence-corrected chi connectivity index (χ1v) is 9.88. The summed E-state index contributed by atoms with van der Waals surface area (Å²) in [6.07, 6.45) is 2.02. The topological polar surface area (TPSA) is 58.2 Å². The van der Waals surface area contributed by atoms with Crippen LogP contribution in [0.2, 0.25) is 5.02 Å². The zero-order valence-corrected chi connectivity index (χ0v) is 16.6. The number of halogens is 2. The van der Waals surface area contributed by atoms with Crippen LogP contribution in [0.15, 0.2) is 71.1 Å². The number of allylic oxidation sites excluding steroid dienone is 3. The first kappa shape index (κ1) is 19.4. The molecule has 1 heterocycles. The first-order valence-electron chi connectivity index (χ1n) is 9.50. The summed E-state index contributed by atoms with van der Waals surface area (Å²) in [7, 11) is 0. The van der Waals surface area contributed by atoms with Gasteiger partial charge in [-0.25, -0.2) is 4.39 Å². The molecule has 2 aromatic carbocycles. The Balaban J connectivity index is 1.78. The molecule has 1 unspecified atom stereocenters. The third-order valence-electron chi connectivity index (χ3n) is 5.30. The standard InChI is InChI=1S/C23H20ClFN2O2/c1-13-20(23(29)27-17-10-8-16(25)9-11-17)21(14-4-2-5-15(24)12-14)22-18(26-13)6-3-7-19(22)28/h2,4-5,8-12,21,26H,3,6-7H2,1H3,(H,27,29). The molecule has 148 valence electrons. The van der Waals surface area contributed by atoms with Crippen molar-refractivity contribution < 1.29 is 14.0 Å². The molecule has 0 radical (unpaired) electrons. The predicted octanol–water partition coefficient (Wildman–Crippen LogP) is 5.09. The molecule has 1 aliphatic heterocycles. The summed E-state index contributed by atoms with van der Waals surface area (Å²) >= 11 is 6.22.